The fourth-order valence-corrected chi connectivity index (χ4v) is 1.80. The van der Waals surface area contributed by atoms with Gasteiger partial charge >= 0.3 is 0 Å². The molecular weight excluding hydrogens is 234 g/mol. The molecule has 0 aromatic heterocycles. The highest BCUT2D eigenvalue weighted by atomic mass is 16.2. The molecular formula is C17H31NO. The normalized spacial score (nSPS) is 15.1. The standard InChI is InChI=1S/C11H13NO.3C2H6/c1-7-4-5-9-10(6-7)8(2)12(3)11(9)13;3*1-2/h4-6,8H,1-3H3;3*1-2H3. The number of carbonyl (C=O) groups is 1. The van der Waals surface area contributed by atoms with Gasteiger partial charge in [-0.2, -0.15) is 0 Å². The van der Waals surface area contributed by atoms with Crippen LogP contribution in [0.1, 0.15) is 76.0 Å². The van der Waals surface area contributed by atoms with Crippen LogP contribution >= 0.6 is 0 Å². The van der Waals surface area contributed by atoms with Crippen LogP contribution in [0, 0.1) is 6.92 Å². The lowest BCUT2D eigenvalue weighted by Gasteiger charge is -2.14. The number of fused-ring (bicyclic) bond motifs is 1. The molecule has 110 valence electrons. The summed E-state index contributed by atoms with van der Waals surface area (Å²) in [4.78, 5) is 13.4. The molecule has 2 nitrogen and oxygen atoms in total. The van der Waals surface area contributed by atoms with E-state index in [4.69, 9.17) is 0 Å². The Morgan fingerprint density at radius 3 is 1.95 bits per heavy atom. The predicted molar refractivity (Wildman–Crippen MR) is 85.7 cm³/mol. The second-order valence-corrected chi connectivity index (χ2v) is 3.68. The maximum absolute atomic E-state index is 11.6. The Balaban J connectivity index is 0. The monoisotopic (exact) mass is 265 g/mol. The van der Waals surface area contributed by atoms with Crippen LogP contribution in [0.3, 0.4) is 0 Å². The summed E-state index contributed by atoms with van der Waals surface area (Å²) in [5.74, 6) is 0.141. The maximum Gasteiger partial charge on any atom is 0.254 e. The molecule has 1 aromatic carbocycles. The van der Waals surface area contributed by atoms with E-state index in [-0.39, 0.29) is 11.9 Å². The van der Waals surface area contributed by atoms with Crippen molar-refractivity contribution < 1.29 is 4.79 Å². The van der Waals surface area contributed by atoms with E-state index < -0.39 is 0 Å². The first-order valence-electron chi connectivity index (χ1n) is 7.49. The van der Waals surface area contributed by atoms with Crippen LogP contribution in [0.4, 0.5) is 0 Å². The van der Waals surface area contributed by atoms with Crippen molar-refractivity contribution in [3.8, 4) is 0 Å². The van der Waals surface area contributed by atoms with Crippen molar-refractivity contribution in [3.63, 3.8) is 0 Å². The fourth-order valence-electron chi connectivity index (χ4n) is 1.80. The SMILES string of the molecule is CC.CC.CC.Cc1ccc2c(c1)C(C)N(C)C2=O. The lowest BCUT2D eigenvalue weighted by atomic mass is 10.0. The van der Waals surface area contributed by atoms with E-state index in [0.29, 0.717) is 0 Å². The molecule has 1 heterocycles. The summed E-state index contributed by atoms with van der Waals surface area (Å²) in [7, 11) is 1.85. The molecule has 1 atom stereocenters. The van der Waals surface area contributed by atoms with Gasteiger partial charge in [0.1, 0.15) is 0 Å². The van der Waals surface area contributed by atoms with Gasteiger partial charge in [-0.3, -0.25) is 4.79 Å². The average Bonchev–Trinajstić information content (AvgIpc) is 2.70. The van der Waals surface area contributed by atoms with Crippen LogP contribution in [0.25, 0.3) is 0 Å². The Morgan fingerprint density at radius 1 is 1.00 bits per heavy atom. The second-order valence-electron chi connectivity index (χ2n) is 3.68. The lowest BCUT2D eigenvalue weighted by Crippen LogP contribution is -2.20. The average molecular weight is 265 g/mol. The molecule has 0 radical (unpaired) electrons. The summed E-state index contributed by atoms with van der Waals surface area (Å²) in [5, 5.41) is 0. The molecule has 0 saturated heterocycles. The van der Waals surface area contributed by atoms with Crippen LogP contribution < -0.4 is 0 Å². The Bertz CT molecular complexity index is 372. The molecule has 1 aliphatic rings. The number of benzene rings is 1. The van der Waals surface area contributed by atoms with Crippen molar-refractivity contribution in [2.45, 2.75) is 61.4 Å². The second kappa shape index (κ2) is 10.6. The highest BCUT2D eigenvalue weighted by molar-refractivity contribution is 5.99. The zero-order valence-electron chi connectivity index (χ0n) is 14.2. The molecule has 0 N–H and O–H groups in total. The van der Waals surface area contributed by atoms with Crippen molar-refractivity contribution in [2.75, 3.05) is 7.05 Å². The lowest BCUT2D eigenvalue weighted by molar-refractivity contribution is 0.0784. The minimum atomic E-state index is 0.141. The minimum Gasteiger partial charge on any atom is -0.335 e. The third-order valence-electron chi connectivity index (χ3n) is 2.79. The molecule has 0 fully saturated rings. The van der Waals surface area contributed by atoms with Crippen molar-refractivity contribution in [1.82, 2.24) is 4.90 Å². The number of hydrogen-bond donors (Lipinski definition) is 0. The van der Waals surface area contributed by atoms with Gasteiger partial charge in [0.25, 0.3) is 5.91 Å². The Morgan fingerprint density at radius 2 is 1.47 bits per heavy atom. The Hall–Kier alpha value is -1.31. The summed E-state index contributed by atoms with van der Waals surface area (Å²) >= 11 is 0. The zero-order chi connectivity index (χ0) is 15.6. The van der Waals surface area contributed by atoms with Gasteiger partial charge in [-0.1, -0.05) is 59.2 Å². The molecule has 1 unspecified atom stereocenters. The highest BCUT2D eigenvalue weighted by Crippen LogP contribution is 2.31. The first-order valence-corrected chi connectivity index (χ1v) is 7.49. The Labute approximate surface area is 119 Å². The van der Waals surface area contributed by atoms with E-state index >= 15 is 0 Å². The predicted octanol–water partition coefficient (Wildman–Crippen LogP) is 5.22. The molecule has 1 amide bonds. The van der Waals surface area contributed by atoms with Crippen LogP contribution in [0.5, 0.6) is 0 Å². The largest absolute Gasteiger partial charge is 0.335 e. The van der Waals surface area contributed by atoms with E-state index in [1.54, 1.807) is 4.90 Å². The molecule has 0 bridgehead atoms. The van der Waals surface area contributed by atoms with E-state index in [2.05, 4.69) is 19.9 Å². The third kappa shape index (κ3) is 4.70. The van der Waals surface area contributed by atoms with Crippen LogP contribution in [0.15, 0.2) is 18.2 Å². The highest BCUT2D eigenvalue weighted by Gasteiger charge is 2.30. The zero-order valence-corrected chi connectivity index (χ0v) is 14.2. The van der Waals surface area contributed by atoms with Gasteiger partial charge in [0.05, 0.1) is 6.04 Å². The third-order valence-corrected chi connectivity index (χ3v) is 2.79. The van der Waals surface area contributed by atoms with Gasteiger partial charge in [0.2, 0.25) is 0 Å². The van der Waals surface area contributed by atoms with Crippen molar-refractivity contribution in [1.29, 1.82) is 0 Å². The first kappa shape index (κ1) is 20.0. The first-order chi connectivity index (χ1) is 9.11. The number of hydrogen-bond acceptors (Lipinski definition) is 1. The van der Waals surface area contributed by atoms with E-state index in [0.717, 1.165) is 11.1 Å². The van der Waals surface area contributed by atoms with Crippen molar-refractivity contribution in [3.05, 3.63) is 34.9 Å². The van der Waals surface area contributed by atoms with Crippen LogP contribution in [0.2, 0.25) is 0 Å². The van der Waals surface area contributed by atoms with Crippen molar-refractivity contribution in [2.24, 2.45) is 0 Å². The topological polar surface area (TPSA) is 20.3 Å². The summed E-state index contributed by atoms with van der Waals surface area (Å²) in [6.07, 6.45) is 0. The molecule has 1 aromatic rings. The molecule has 0 saturated carbocycles. The van der Waals surface area contributed by atoms with Gasteiger partial charge < -0.3 is 4.90 Å². The Kier molecular flexibility index (Phi) is 11.2. The molecule has 1 aliphatic heterocycles. The maximum atomic E-state index is 11.6. The van der Waals surface area contributed by atoms with Gasteiger partial charge in [0, 0.05) is 12.6 Å². The van der Waals surface area contributed by atoms with Crippen LogP contribution in [-0.2, 0) is 0 Å². The molecule has 2 heteroatoms. The molecule has 2 rings (SSSR count). The molecule has 0 aliphatic carbocycles. The summed E-state index contributed by atoms with van der Waals surface area (Å²) in [5.41, 5.74) is 3.24. The quantitative estimate of drug-likeness (QED) is 0.629. The summed E-state index contributed by atoms with van der Waals surface area (Å²) in [6, 6.07) is 6.24. The smallest absolute Gasteiger partial charge is 0.254 e. The van der Waals surface area contributed by atoms with E-state index in [1.807, 2.05) is 60.7 Å². The van der Waals surface area contributed by atoms with Crippen molar-refractivity contribution >= 4 is 5.91 Å². The summed E-state index contributed by atoms with van der Waals surface area (Å²) < 4.78 is 0. The number of rotatable bonds is 0. The van der Waals surface area contributed by atoms with E-state index in [1.165, 1.54) is 5.56 Å². The number of amides is 1. The van der Waals surface area contributed by atoms with Gasteiger partial charge in [0.15, 0.2) is 0 Å². The van der Waals surface area contributed by atoms with Gasteiger partial charge in [-0.25, -0.2) is 0 Å². The van der Waals surface area contributed by atoms with E-state index in [9.17, 15) is 4.79 Å². The number of aryl methyl sites for hydroxylation is 1. The van der Waals surface area contributed by atoms with Gasteiger partial charge in [-0.05, 0) is 25.5 Å². The van der Waals surface area contributed by atoms with Gasteiger partial charge in [-0.15, -0.1) is 0 Å². The summed E-state index contributed by atoms with van der Waals surface area (Å²) in [6.45, 7) is 16.1. The number of nitrogens with zero attached hydrogens (tertiary/aromatic N) is 1. The van der Waals surface area contributed by atoms with Crippen LogP contribution in [-0.4, -0.2) is 17.9 Å². The molecule has 0 spiro atoms. The molecule has 19 heavy (non-hydrogen) atoms. The minimum absolute atomic E-state index is 0.141. The fraction of sp³-hybridized carbons (Fsp3) is 0.588. The number of carbonyl (C=O) groups excluding carboxylic acids is 1.